The Morgan fingerprint density at radius 3 is 2.70 bits per heavy atom. The zero-order valence-electron chi connectivity index (χ0n) is 10.6. The monoisotopic (exact) mass is 294 g/mol. The average molecular weight is 294 g/mol. The molecule has 1 aromatic heterocycles. The van der Waals surface area contributed by atoms with Gasteiger partial charge in [-0.1, -0.05) is 6.07 Å². The van der Waals surface area contributed by atoms with E-state index in [0.717, 1.165) is 11.3 Å². The molecule has 0 aliphatic rings. The maximum absolute atomic E-state index is 11.0. The molecule has 0 atom stereocenters. The lowest BCUT2D eigenvalue weighted by Gasteiger charge is -2.05. The van der Waals surface area contributed by atoms with Crippen molar-refractivity contribution in [3.8, 4) is 16.3 Å². The minimum Gasteiger partial charge on any atom is -0.490 e. The quantitative estimate of drug-likeness (QED) is 0.687. The molecule has 1 N–H and O–H groups in total. The van der Waals surface area contributed by atoms with E-state index >= 15 is 0 Å². The van der Waals surface area contributed by atoms with Crippen LogP contribution in [0, 0.1) is 17.0 Å². The van der Waals surface area contributed by atoms with Crippen LogP contribution in [0.15, 0.2) is 18.2 Å². The highest BCUT2D eigenvalue weighted by Gasteiger charge is 2.23. The van der Waals surface area contributed by atoms with Crippen LogP contribution < -0.4 is 4.74 Å². The van der Waals surface area contributed by atoms with Gasteiger partial charge in [-0.2, -0.15) is 0 Å². The lowest BCUT2D eigenvalue weighted by atomic mass is 10.2. The third kappa shape index (κ3) is 2.32. The lowest BCUT2D eigenvalue weighted by molar-refractivity contribution is -0.385. The van der Waals surface area contributed by atoms with E-state index in [-0.39, 0.29) is 17.1 Å². The summed E-state index contributed by atoms with van der Waals surface area (Å²) in [5.74, 6) is -1.06. The number of carboxylic acids is 1. The molecule has 1 aromatic carbocycles. The predicted octanol–water partition coefficient (Wildman–Crippen LogP) is 2.73. The number of thiazole rings is 1. The minimum atomic E-state index is -1.13. The van der Waals surface area contributed by atoms with Crippen molar-refractivity contribution in [3.63, 3.8) is 0 Å². The summed E-state index contributed by atoms with van der Waals surface area (Å²) in [6.45, 7) is 1.63. The standard InChI is InChI=1S/C12H10N2O5S/c1-6-9(12(15)16)13-11(20-6)7-4-3-5-8(14(17)18)10(7)19-2/h3-5H,1-2H3,(H,15,16). The van der Waals surface area contributed by atoms with Crippen molar-refractivity contribution >= 4 is 23.0 Å². The first-order chi connectivity index (χ1) is 9.45. The number of carbonyl (C=O) groups is 1. The number of nitro benzene ring substituents is 1. The fraction of sp³-hybridized carbons (Fsp3) is 0.167. The lowest BCUT2D eigenvalue weighted by Crippen LogP contribution is -1.99. The third-order valence-corrected chi connectivity index (χ3v) is 3.63. The van der Waals surface area contributed by atoms with Crippen LogP contribution in [-0.2, 0) is 0 Å². The molecule has 7 nitrogen and oxygen atoms in total. The van der Waals surface area contributed by atoms with Gasteiger partial charge in [-0.25, -0.2) is 9.78 Å². The van der Waals surface area contributed by atoms with E-state index in [9.17, 15) is 14.9 Å². The Bertz CT molecular complexity index is 695. The Morgan fingerprint density at radius 2 is 2.20 bits per heavy atom. The number of para-hydroxylation sites is 1. The molecular weight excluding hydrogens is 284 g/mol. The summed E-state index contributed by atoms with van der Waals surface area (Å²) in [5, 5.41) is 20.3. The Kier molecular flexibility index (Phi) is 3.66. The van der Waals surface area contributed by atoms with Gasteiger partial charge in [0.05, 0.1) is 17.6 Å². The van der Waals surface area contributed by atoms with Crippen molar-refractivity contribution in [1.82, 2.24) is 4.98 Å². The number of benzene rings is 1. The van der Waals surface area contributed by atoms with E-state index in [0.29, 0.717) is 15.4 Å². The number of aromatic nitrogens is 1. The third-order valence-electron chi connectivity index (χ3n) is 2.62. The van der Waals surface area contributed by atoms with E-state index < -0.39 is 10.9 Å². The van der Waals surface area contributed by atoms with E-state index in [4.69, 9.17) is 9.84 Å². The second-order valence-electron chi connectivity index (χ2n) is 3.84. The zero-order chi connectivity index (χ0) is 14.9. The molecule has 20 heavy (non-hydrogen) atoms. The van der Waals surface area contributed by atoms with Crippen LogP contribution in [0.5, 0.6) is 5.75 Å². The first-order valence-electron chi connectivity index (χ1n) is 5.48. The molecule has 0 spiro atoms. The van der Waals surface area contributed by atoms with Gasteiger partial charge in [0.2, 0.25) is 5.75 Å². The molecule has 2 rings (SSSR count). The van der Waals surface area contributed by atoms with Crippen molar-refractivity contribution in [2.45, 2.75) is 6.92 Å². The highest BCUT2D eigenvalue weighted by molar-refractivity contribution is 7.15. The normalized spacial score (nSPS) is 10.3. The topological polar surface area (TPSA) is 103 Å². The van der Waals surface area contributed by atoms with Gasteiger partial charge < -0.3 is 9.84 Å². The Labute approximate surface area is 117 Å². The molecule has 0 aliphatic carbocycles. The minimum absolute atomic E-state index is 0.0569. The van der Waals surface area contributed by atoms with E-state index in [1.54, 1.807) is 13.0 Å². The molecule has 0 saturated heterocycles. The molecule has 0 amide bonds. The highest BCUT2D eigenvalue weighted by atomic mass is 32.1. The van der Waals surface area contributed by atoms with Crippen molar-refractivity contribution < 1.29 is 19.6 Å². The van der Waals surface area contributed by atoms with Crippen LogP contribution in [0.25, 0.3) is 10.6 Å². The molecule has 0 bridgehead atoms. The van der Waals surface area contributed by atoms with Crippen LogP contribution in [0.3, 0.4) is 0 Å². The molecular formula is C12H10N2O5S. The second-order valence-corrected chi connectivity index (χ2v) is 5.05. The Morgan fingerprint density at radius 1 is 1.50 bits per heavy atom. The van der Waals surface area contributed by atoms with Crippen LogP contribution in [-0.4, -0.2) is 28.1 Å². The number of nitro groups is 1. The molecule has 8 heteroatoms. The fourth-order valence-corrected chi connectivity index (χ4v) is 2.69. The fourth-order valence-electron chi connectivity index (χ4n) is 1.76. The van der Waals surface area contributed by atoms with Crippen LogP contribution >= 0.6 is 11.3 Å². The molecule has 104 valence electrons. The van der Waals surface area contributed by atoms with E-state index in [1.807, 2.05) is 0 Å². The van der Waals surface area contributed by atoms with Crippen molar-refractivity contribution in [2.24, 2.45) is 0 Å². The van der Waals surface area contributed by atoms with Crippen LogP contribution in [0.2, 0.25) is 0 Å². The summed E-state index contributed by atoms with van der Waals surface area (Å²) in [6, 6.07) is 4.43. The van der Waals surface area contributed by atoms with Crippen LogP contribution in [0.1, 0.15) is 15.4 Å². The number of aromatic carboxylic acids is 1. The molecule has 0 unspecified atom stereocenters. The predicted molar refractivity (Wildman–Crippen MR) is 72.5 cm³/mol. The first-order valence-corrected chi connectivity index (χ1v) is 6.29. The van der Waals surface area contributed by atoms with Gasteiger partial charge in [-0.15, -0.1) is 11.3 Å². The second kappa shape index (κ2) is 5.25. The largest absolute Gasteiger partial charge is 0.490 e. The summed E-state index contributed by atoms with van der Waals surface area (Å²) in [4.78, 5) is 25.9. The van der Waals surface area contributed by atoms with Gasteiger partial charge in [-0.05, 0) is 13.0 Å². The summed E-state index contributed by atoms with van der Waals surface area (Å²) >= 11 is 1.15. The number of hydrogen-bond acceptors (Lipinski definition) is 6. The number of rotatable bonds is 4. The molecule has 0 saturated carbocycles. The maximum atomic E-state index is 11.0. The first kappa shape index (κ1) is 13.9. The summed E-state index contributed by atoms with van der Waals surface area (Å²) in [7, 11) is 1.32. The van der Waals surface area contributed by atoms with Gasteiger partial charge in [0.1, 0.15) is 5.01 Å². The smallest absolute Gasteiger partial charge is 0.355 e. The zero-order valence-corrected chi connectivity index (χ0v) is 11.4. The molecule has 0 fully saturated rings. The number of nitrogens with zero attached hydrogens (tertiary/aromatic N) is 2. The number of hydrogen-bond donors (Lipinski definition) is 1. The van der Waals surface area contributed by atoms with Gasteiger partial charge in [0, 0.05) is 10.9 Å². The summed E-state index contributed by atoms with van der Waals surface area (Å²) < 4.78 is 5.08. The number of carboxylic acid groups (broad SMARTS) is 1. The molecule has 2 aromatic rings. The summed E-state index contributed by atoms with van der Waals surface area (Å²) in [5.41, 5.74) is 0.163. The van der Waals surface area contributed by atoms with Crippen molar-refractivity contribution in [3.05, 3.63) is 38.9 Å². The average Bonchev–Trinajstić information content (AvgIpc) is 2.79. The number of ether oxygens (including phenoxy) is 1. The van der Waals surface area contributed by atoms with Crippen molar-refractivity contribution in [1.29, 1.82) is 0 Å². The molecule has 0 radical (unpaired) electrons. The number of aryl methyl sites for hydroxylation is 1. The van der Waals surface area contributed by atoms with E-state index in [2.05, 4.69) is 4.98 Å². The molecule has 0 aliphatic heterocycles. The van der Waals surface area contributed by atoms with E-state index in [1.165, 1.54) is 19.2 Å². The maximum Gasteiger partial charge on any atom is 0.355 e. The van der Waals surface area contributed by atoms with Gasteiger partial charge >= 0.3 is 11.7 Å². The SMILES string of the molecule is COc1c(-c2nc(C(=O)O)c(C)s2)cccc1[N+](=O)[O-]. The summed E-state index contributed by atoms with van der Waals surface area (Å²) in [6.07, 6.45) is 0. The Balaban J connectivity index is 2.64. The Hall–Kier alpha value is -2.48. The van der Waals surface area contributed by atoms with Gasteiger partial charge in [-0.3, -0.25) is 10.1 Å². The highest BCUT2D eigenvalue weighted by Crippen LogP contribution is 2.39. The molecule has 1 heterocycles. The van der Waals surface area contributed by atoms with Crippen molar-refractivity contribution in [2.75, 3.05) is 7.11 Å². The van der Waals surface area contributed by atoms with Gasteiger partial charge in [0.15, 0.2) is 5.69 Å². The van der Waals surface area contributed by atoms with Crippen LogP contribution in [0.4, 0.5) is 5.69 Å². The van der Waals surface area contributed by atoms with Gasteiger partial charge in [0.25, 0.3) is 0 Å². The number of methoxy groups -OCH3 is 1.